The molecule has 0 aliphatic heterocycles. The lowest BCUT2D eigenvalue weighted by molar-refractivity contribution is -0.306. The summed E-state index contributed by atoms with van der Waals surface area (Å²) in [7, 11) is -2.62. The number of carboxylic acids is 1. The van der Waals surface area contributed by atoms with Crippen molar-refractivity contribution in [3.8, 4) is 28.1 Å². The number of nitrogens with zero attached hydrogens (tertiary/aromatic N) is 2. The maximum atomic E-state index is 13.9. The zero-order valence-corrected chi connectivity index (χ0v) is 16.7. The van der Waals surface area contributed by atoms with Gasteiger partial charge in [-0.3, -0.25) is 4.68 Å². The van der Waals surface area contributed by atoms with Gasteiger partial charge in [-0.15, -0.1) is 0 Å². The highest BCUT2D eigenvalue weighted by Gasteiger charge is 2.40. The number of primary sulfonamides is 1. The zero-order chi connectivity index (χ0) is 23.0. The summed E-state index contributed by atoms with van der Waals surface area (Å²) in [6, 6.07) is 10.3. The van der Waals surface area contributed by atoms with Crippen LogP contribution < -0.4 is 15.0 Å². The fourth-order valence-electron chi connectivity index (χ4n) is 3.02. The van der Waals surface area contributed by atoms with E-state index < -0.39 is 34.4 Å². The molecule has 2 aromatic carbocycles. The smallest absolute Gasteiger partial charge is 0.433 e. The van der Waals surface area contributed by atoms with Crippen LogP contribution in [-0.4, -0.2) is 31.3 Å². The Labute approximate surface area is 174 Å². The lowest BCUT2D eigenvalue weighted by atomic mass is 9.98. The molecule has 12 heteroatoms. The van der Waals surface area contributed by atoms with E-state index in [1.165, 1.54) is 43.5 Å². The number of alkyl halides is 3. The van der Waals surface area contributed by atoms with Crippen molar-refractivity contribution in [3.05, 3.63) is 54.2 Å². The fourth-order valence-corrected chi connectivity index (χ4v) is 3.54. The number of ether oxygens (including phenoxy) is 1. The number of hydrogen-bond acceptors (Lipinski definition) is 6. The largest absolute Gasteiger partial charge is 0.548 e. The Morgan fingerprint density at radius 3 is 2.10 bits per heavy atom. The maximum absolute atomic E-state index is 13.9. The molecule has 0 unspecified atom stereocenters. The minimum atomic E-state index is -4.95. The van der Waals surface area contributed by atoms with Crippen LogP contribution in [0.5, 0.6) is 5.75 Å². The minimum absolute atomic E-state index is 0.100. The number of carboxylic acid groups (broad SMARTS) is 1. The van der Waals surface area contributed by atoms with Gasteiger partial charge in [-0.1, -0.05) is 24.3 Å². The molecule has 0 bridgehead atoms. The molecule has 3 aromatic rings. The maximum Gasteiger partial charge on any atom is 0.433 e. The Bertz CT molecular complexity index is 1220. The van der Waals surface area contributed by atoms with Gasteiger partial charge < -0.3 is 14.6 Å². The van der Waals surface area contributed by atoms with Gasteiger partial charge in [-0.25, -0.2) is 13.6 Å². The van der Waals surface area contributed by atoms with Crippen LogP contribution in [-0.2, 0) is 27.5 Å². The van der Waals surface area contributed by atoms with Crippen LogP contribution in [0.2, 0.25) is 0 Å². The van der Waals surface area contributed by atoms with E-state index in [1.807, 2.05) is 0 Å². The van der Waals surface area contributed by atoms with Crippen LogP contribution in [0, 0.1) is 0 Å². The first-order chi connectivity index (χ1) is 14.4. The average Bonchev–Trinajstić information content (AvgIpc) is 3.06. The second-order valence-corrected chi connectivity index (χ2v) is 7.96. The summed E-state index contributed by atoms with van der Waals surface area (Å²) >= 11 is 0. The van der Waals surface area contributed by atoms with Crippen molar-refractivity contribution in [2.24, 2.45) is 5.14 Å². The van der Waals surface area contributed by atoms with Crippen molar-refractivity contribution >= 4 is 16.0 Å². The number of nitrogens with two attached hydrogens (primary N) is 1. The number of aromatic nitrogens is 2. The number of carbonyl (C=O) groups is 1. The number of benzene rings is 2. The Balaban J connectivity index is 2.31. The van der Waals surface area contributed by atoms with Crippen molar-refractivity contribution in [3.63, 3.8) is 0 Å². The van der Waals surface area contributed by atoms with Crippen LogP contribution in [0.25, 0.3) is 22.4 Å². The van der Waals surface area contributed by atoms with Crippen molar-refractivity contribution in [2.75, 3.05) is 7.11 Å². The summed E-state index contributed by atoms with van der Waals surface area (Å²) in [4.78, 5) is 10.8. The van der Waals surface area contributed by atoms with E-state index in [9.17, 15) is 31.5 Å². The molecule has 3 rings (SSSR count). The number of sulfonamides is 1. The Morgan fingerprint density at radius 1 is 1.10 bits per heavy atom. The van der Waals surface area contributed by atoms with Crippen LogP contribution in [0.15, 0.2) is 53.4 Å². The second-order valence-electron chi connectivity index (χ2n) is 6.40. The third-order valence-corrected chi connectivity index (χ3v) is 5.26. The molecule has 164 valence electrons. The van der Waals surface area contributed by atoms with Gasteiger partial charge in [0.15, 0.2) is 5.69 Å². The molecule has 0 atom stereocenters. The number of halogens is 3. The van der Waals surface area contributed by atoms with E-state index in [4.69, 9.17) is 9.88 Å². The van der Waals surface area contributed by atoms with Crippen LogP contribution in [0.1, 0.15) is 5.69 Å². The van der Waals surface area contributed by atoms with Crippen molar-refractivity contribution in [1.82, 2.24) is 9.78 Å². The molecule has 0 radical (unpaired) electrons. The number of rotatable bonds is 6. The van der Waals surface area contributed by atoms with E-state index in [-0.39, 0.29) is 27.3 Å². The summed E-state index contributed by atoms with van der Waals surface area (Å²) in [5.74, 6) is -1.36. The number of carbonyl (C=O) groups excluding carboxylic acids is 1. The van der Waals surface area contributed by atoms with E-state index in [1.54, 1.807) is 0 Å². The van der Waals surface area contributed by atoms with Gasteiger partial charge in [-0.2, -0.15) is 18.3 Å². The minimum Gasteiger partial charge on any atom is -0.548 e. The SMILES string of the molecule is COc1ccc(-c2c(-c3ccc(S(N)(=O)=O)cc3)nn(CC(=O)[O-])c2C(F)(F)F)cc1. The predicted molar refractivity (Wildman–Crippen MR) is 101 cm³/mol. The van der Waals surface area contributed by atoms with Gasteiger partial charge in [0.25, 0.3) is 0 Å². The quantitative estimate of drug-likeness (QED) is 0.603. The normalized spacial score (nSPS) is 12.0. The third kappa shape index (κ3) is 4.70. The summed E-state index contributed by atoms with van der Waals surface area (Å²) in [5.41, 5.74) is -1.63. The first kappa shape index (κ1) is 22.3. The van der Waals surface area contributed by atoms with E-state index in [0.717, 1.165) is 12.1 Å². The highest BCUT2D eigenvalue weighted by atomic mass is 32.2. The monoisotopic (exact) mass is 454 g/mol. The molecule has 1 heterocycles. The van der Waals surface area contributed by atoms with Gasteiger partial charge in [0.2, 0.25) is 10.0 Å². The molecule has 1 aromatic heterocycles. The molecule has 0 saturated heterocycles. The van der Waals surface area contributed by atoms with Gasteiger partial charge in [0.1, 0.15) is 11.4 Å². The van der Waals surface area contributed by atoms with Gasteiger partial charge in [-0.05, 0) is 29.8 Å². The highest BCUT2D eigenvalue weighted by molar-refractivity contribution is 7.89. The van der Waals surface area contributed by atoms with Crippen LogP contribution >= 0.6 is 0 Å². The second kappa shape index (κ2) is 8.04. The Morgan fingerprint density at radius 2 is 1.65 bits per heavy atom. The van der Waals surface area contributed by atoms with E-state index in [0.29, 0.717) is 10.4 Å². The summed E-state index contributed by atoms with van der Waals surface area (Å²) in [5, 5.41) is 20.0. The highest BCUT2D eigenvalue weighted by Crippen LogP contribution is 2.43. The fraction of sp³-hybridized carbons (Fsp3) is 0.158. The zero-order valence-electron chi connectivity index (χ0n) is 15.9. The van der Waals surface area contributed by atoms with Crippen molar-refractivity contribution in [2.45, 2.75) is 17.6 Å². The molecule has 2 N–H and O–H groups in total. The first-order valence-corrected chi connectivity index (χ1v) is 10.1. The van der Waals surface area contributed by atoms with Crippen LogP contribution in [0.3, 0.4) is 0 Å². The topological polar surface area (TPSA) is 127 Å². The number of aliphatic carboxylic acids is 1. The van der Waals surface area contributed by atoms with E-state index in [2.05, 4.69) is 5.10 Å². The summed E-state index contributed by atoms with van der Waals surface area (Å²) in [6.07, 6.45) is -4.95. The third-order valence-electron chi connectivity index (χ3n) is 4.33. The molecular weight excluding hydrogens is 439 g/mol. The predicted octanol–water partition coefficient (Wildman–Crippen LogP) is 1.64. The number of methoxy groups -OCH3 is 1. The molecule has 0 spiro atoms. The Kier molecular flexibility index (Phi) is 5.79. The molecule has 8 nitrogen and oxygen atoms in total. The lowest BCUT2D eigenvalue weighted by Gasteiger charge is -2.13. The molecule has 0 aliphatic rings. The average molecular weight is 454 g/mol. The van der Waals surface area contributed by atoms with Crippen LogP contribution in [0.4, 0.5) is 13.2 Å². The molecular formula is C19H15F3N3O5S-. The molecule has 31 heavy (non-hydrogen) atoms. The lowest BCUT2D eigenvalue weighted by Crippen LogP contribution is -2.30. The van der Waals surface area contributed by atoms with Gasteiger partial charge >= 0.3 is 6.18 Å². The van der Waals surface area contributed by atoms with Crippen molar-refractivity contribution < 1.29 is 36.2 Å². The molecule has 0 saturated carbocycles. The van der Waals surface area contributed by atoms with E-state index >= 15 is 0 Å². The molecule has 0 fully saturated rings. The summed E-state index contributed by atoms with van der Waals surface area (Å²) in [6.45, 7) is -1.13. The summed E-state index contributed by atoms with van der Waals surface area (Å²) < 4.78 is 70.1. The first-order valence-electron chi connectivity index (χ1n) is 8.57. The molecule has 0 amide bonds. The van der Waals surface area contributed by atoms with Gasteiger partial charge in [0.05, 0.1) is 24.5 Å². The van der Waals surface area contributed by atoms with Crippen molar-refractivity contribution in [1.29, 1.82) is 0 Å². The molecule has 0 aliphatic carbocycles. The Hall–Kier alpha value is -3.38. The van der Waals surface area contributed by atoms with Gasteiger partial charge in [0, 0.05) is 11.1 Å². The standard InChI is InChI=1S/C19H16F3N3O5S/c1-30-13-6-2-11(3-7-13)16-17(12-4-8-14(9-5-12)31(23,28)29)24-25(10-15(26)27)18(16)19(20,21)22/h2-9H,10H2,1H3,(H,26,27)(H2,23,28,29)/p-1. The number of hydrogen-bond donors (Lipinski definition) is 1.